The standard InChI is InChI=1S/C18H25N5O/c1-14(21-18(24)20-13-17-19-8-11-22(17)2)15-6-5-7-16(12-15)23-9-3-4-10-23/h5-8,11-12,14H,3-4,9-10,13H2,1-2H3,(H2,20,21,24)/t14-/m0/s1. The number of rotatable bonds is 5. The summed E-state index contributed by atoms with van der Waals surface area (Å²) in [4.78, 5) is 18.7. The first-order valence-corrected chi connectivity index (χ1v) is 8.49. The van der Waals surface area contributed by atoms with Gasteiger partial charge in [0, 0.05) is 38.2 Å². The van der Waals surface area contributed by atoms with Crippen LogP contribution >= 0.6 is 0 Å². The second kappa shape index (κ2) is 7.38. The molecule has 0 unspecified atom stereocenters. The Balaban J connectivity index is 1.56. The molecule has 24 heavy (non-hydrogen) atoms. The molecule has 1 saturated heterocycles. The van der Waals surface area contributed by atoms with Crippen LogP contribution in [0.25, 0.3) is 0 Å². The lowest BCUT2D eigenvalue weighted by Gasteiger charge is -2.21. The second-order valence-electron chi connectivity index (χ2n) is 6.29. The molecule has 2 aromatic rings. The van der Waals surface area contributed by atoms with Crippen molar-refractivity contribution in [3.8, 4) is 0 Å². The van der Waals surface area contributed by atoms with E-state index in [1.807, 2.05) is 24.7 Å². The Hall–Kier alpha value is -2.50. The maximum atomic E-state index is 12.1. The number of amides is 2. The molecule has 2 amide bonds. The van der Waals surface area contributed by atoms with Crippen molar-refractivity contribution in [3.05, 3.63) is 48.0 Å². The van der Waals surface area contributed by atoms with Gasteiger partial charge in [0.25, 0.3) is 0 Å². The molecule has 1 aromatic carbocycles. The Bertz CT molecular complexity index is 690. The van der Waals surface area contributed by atoms with Crippen molar-refractivity contribution < 1.29 is 4.79 Å². The topological polar surface area (TPSA) is 62.2 Å². The van der Waals surface area contributed by atoms with Crippen molar-refractivity contribution in [1.29, 1.82) is 0 Å². The predicted molar refractivity (Wildman–Crippen MR) is 94.9 cm³/mol. The summed E-state index contributed by atoms with van der Waals surface area (Å²) >= 11 is 0. The third-order valence-corrected chi connectivity index (χ3v) is 4.52. The number of nitrogens with one attached hydrogen (secondary N) is 2. The van der Waals surface area contributed by atoms with Crippen molar-refractivity contribution in [2.24, 2.45) is 7.05 Å². The summed E-state index contributed by atoms with van der Waals surface area (Å²) in [6.07, 6.45) is 6.10. The fraction of sp³-hybridized carbons (Fsp3) is 0.444. The third-order valence-electron chi connectivity index (χ3n) is 4.52. The summed E-state index contributed by atoms with van der Waals surface area (Å²) in [6, 6.07) is 8.21. The molecule has 0 radical (unpaired) electrons. The Morgan fingerprint density at radius 1 is 1.33 bits per heavy atom. The van der Waals surface area contributed by atoms with Crippen LogP contribution in [-0.4, -0.2) is 28.7 Å². The minimum atomic E-state index is -0.183. The molecule has 2 N–H and O–H groups in total. The molecule has 0 spiro atoms. The zero-order chi connectivity index (χ0) is 16.9. The summed E-state index contributed by atoms with van der Waals surface area (Å²) < 4.78 is 1.89. The van der Waals surface area contributed by atoms with Gasteiger partial charge in [0.1, 0.15) is 5.82 Å². The number of urea groups is 1. The highest BCUT2D eigenvalue weighted by Gasteiger charge is 2.15. The fourth-order valence-electron chi connectivity index (χ4n) is 3.02. The predicted octanol–water partition coefficient (Wildman–Crippen LogP) is 2.58. The molecule has 2 heterocycles. The molecule has 1 aromatic heterocycles. The molecule has 1 aliphatic rings. The Morgan fingerprint density at radius 2 is 2.12 bits per heavy atom. The van der Waals surface area contributed by atoms with Gasteiger partial charge in [0.15, 0.2) is 0 Å². The average molecular weight is 327 g/mol. The summed E-state index contributed by atoms with van der Waals surface area (Å²) in [5.74, 6) is 0.828. The van der Waals surface area contributed by atoms with Crippen LogP contribution in [0.2, 0.25) is 0 Å². The van der Waals surface area contributed by atoms with E-state index in [-0.39, 0.29) is 12.1 Å². The highest BCUT2D eigenvalue weighted by atomic mass is 16.2. The van der Waals surface area contributed by atoms with Gasteiger partial charge in [-0.3, -0.25) is 0 Å². The van der Waals surface area contributed by atoms with E-state index in [9.17, 15) is 4.79 Å². The van der Waals surface area contributed by atoms with Gasteiger partial charge in [-0.05, 0) is 37.5 Å². The number of carbonyl (C=O) groups is 1. The fourth-order valence-corrected chi connectivity index (χ4v) is 3.02. The number of aryl methyl sites for hydroxylation is 1. The first-order valence-electron chi connectivity index (χ1n) is 8.49. The maximum Gasteiger partial charge on any atom is 0.315 e. The lowest BCUT2D eigenvalue weighted by Crippen LogP contribution is -2.37. The zero-order valence-electron chi connectivity index (χ0n) is 14.3. The molecule has 1 aliphatic heterocycles. The van der Waals surface area contributed by atoms with Crippen LogP contribution < -0.4 is 15.5 Å². The van der Waals surface area contributed by atoms with Gasteiger partial charge in [0.2, 0.25) is 0 Å². The Morgan fingerprint density at radius 3 is 2.83 bits per heavy atom. The lowest BCUT2D eigenvalue weighted by molar-refractivity contribution is 0.237. The lowest BCUT2D eigenvalue weighted by atomic mass is 10.1. The quantitative estimate of drug-likeness (QED) is 0.887. The van der Waals surface area contributed by atoms with Crippen molar-refractivity contribution in [2.75, 3.05) is 18.0 Å². The highest BCUT2D eigenvalue weighted by Crippen LogP contribution is 2.23. The normalized spacial score (nSPS) is 15.3. The summed E-state index contributed by atoms with van der Waals surface area (Å²) in [5.41, 5.74) is 2.36. The maximum absolute atomic E-state index is 12.1. The van der Waals surface area contributed by atoms with Crippen molar-refractivity contribution in [1.82, 2.24) is 20.2 Å². The van der Waals surface area contributed by atoms with Crippen LogP contribution in [0, 0.1) is 0 Å². The molecule has 0 bridgehead atoms. The van der Waals surface area contributed by atoms with Crippen LogP contribution in [0.3, 0.4) is 0 Å². The molecule has 6 heteroatoms. The SMILES string of the molecule is C[C@H](NC(=O)NCc1nccn1C)c1cccc(N2CCCC2)c1. The molecule has 1 fully saturated rings. The van der Waals surface area contributed by atoms with Crippen molar-refractivity contribution in [3.63, 3.8) is 0 Å². The van der Waals surface area contributed by atoms with Crippen molar-refractivity contribution in [2.45, 2.75) is 32.4 Å². The van der Waals surface area contributed by atoms with Gasteiger partial charge >= 0.3 is 6.03 Å². The molecule has 1 atom stereocenters. The number of anilines is 1. The number of imidazole rings is 1. The number of hydrogen-bond acceptors (Lipinski definition) is 3. The monoisotopic (exact) mass is 327 g/mol. The number of nitrogens with zero attached hydrogens (tertiary/aromatic N) is 3. The van der Waals surface area contributed by atoms with E-state index in [4.69, 9.17) is 0 Å². The minimum absolute atomic E-state index is 0.0473. The average Bonchev–Trinajstić information content (AvgIpc) is 3.25. The highest BCUT2D eigenvalue weighted by molar-refractivity contribution is 5.74. The second-order valence-corrected chi connectivity index (χ2v) is 6.29. The van der Waals surface area contributed by atoms with Crippen LogP contribution in [0.5, 0.6) is 0 Å². The molecule has 0 aliphatic carbocycles. The summed E-state index contributed by atoms with van der Waals surface area (Å²) in [5, 5.41) is 5.84. The van der Waals surface area contributed by atoms with E-state index in [0.29, 0.717) is 6.54 Å². The van der Waals surface area contributed by atoms with Crippen LogP contribution in [0.4, 0.5) is 10.5 Å². The van der Waals surface area contributed by atoms with Crippen LogP contribution in [0.1, 0.15) is 37.2 Å². The molecule has 128 valence electrons. The number of hydrogen-bond donors (Lipinski definition) is 2. The molecule has 6 nitrogen and oxygen atoms in total. The minimum Gasteiger partial charge on any atom is -0.372 e. The van der Waals surface area contributed by atoms with E-state index >= 15 is 0 Å². The summed E-state index contributed by atoms with van der Waals surface area (Å²) in [6.45, 7) is 4.66. The van der Waals surface area contributed by atoms with Gasteiger partial charge < -0.3 is 20.1 Å². The molecular weight excluding hydrogens is 302 g/mol. The van der Waals surface area contributed by atoms with Gasteiger partial charge in [0.05, 0.1) is 12.6 Å². The van der Waals surface area contributed by atoms with Crippen LogP contribution in [-0.2, 0) is 13.6 Å². The molecular formula is C18H25N5O. The van der Waals surface area contributed by atoms with E-state index in [1.54, 1.807) is 6.20 Å². The molecule has 0 saturated carbocycles. The van der Waals surface area contributed by atoms with Gasteiger partial charge in [-0.25, -0.2) is 9.78 Å². The number of aromatic nitrogens is 2. The number of benzene rings is 1. The van der Waals surface area contributed by atoms with Crippen molar-refractivity contribution >= 4 is 11.7 Å². The Kier molecular flexibility index (Phi) is 5.03. The van der Waals surface area contributed by atoms with E-state index in [0.717, 1.165) is 24.5 Å². The van der Waals surface area contributed by atoms with Gasteiger partial charge in [-0.1, -0.05) is 12.1 Å². The third kappa shape index (κ3) is 3.88. The molecule has 3 rings (SSSR count). The number of carbonyl (C=O) groups excluding carboxylic acids is 1. The smallest absolute Gasteiger partial charge is 0.315 e. The van der Waals surface area contributed by atoms with E-state index < -0.39 is 0 Å². The first-order chi connectivity index (χ1) is 11.6. The van der Waals surface area contributed by atoms with Gasteiger partial charge in [-0.15, -0.1) is 0 Å². The first kappa shape index (κ1) is 16.4. The Labute approximate surface area is 142 Å². The van der Waals surface area contributed by atoms with Crippen LogP contribution in [0.15, 0.2) is 36.7 Å². The largest absolute Gasteiger partial charge is 0.372 e. The van der Waals surface area contributed by atoms with E-state index in [1.165, 1.54) is 18.5 Å². The van der Waals surface area contributed by atoms with E-state index in [2.05, 4.69) is 44.8 Å². The van der Waals surface area contributed by atoms with Gasteiger partial charge in [-0.2, -0.15) is 0 Å². The zero-order valence-corrected chi connectivity index (χ0v) is 14.3. The summed E-state index contributed by atoms with van der Waals surface area (Å²) in [7, 11) is 1.91.